The average Bonchev–Trinajstić information content (AvgIpc) is 2.33. The molecule has 1 aliphatic rings. The van der Waals surface area contributed by atoms with Crippen LogP contribution in [-0.2, 0) is 4.79 Å². The van der Waals surface area contributed by atoms with Crippen molar-refractivity contribution in [2.45, 2.75) is 24.9 Å². The number of likely N-dealkylation sites (tertiary alicyclic amines) is 1. The van der Waals surface area contributed by atoms with Crippen molar-refractivity contribution in [3.05, 3.63) is 35.4 Å². The first-order valence-corrected chi connectivity index (χ1v) is 6.17. The van der Waals surface area contributed by atoms with Gasteiger partial charge in [-0.1, -0.05) is 6.07 Å². The van der Waals surface area contributed by atoms with Crippen LogP contribution in [-0.4, -0.2) is 35.1 Å². The number of rotatable bonds is 3. The molecule has 1 aromatic carbocycles. The van der Waals surface area contributed by atoms with E-state index in [1.54, 1.807) is 0 Å². The zero-order valence-electron chi connectivity index (χ0n) is 10.4. The highest BCUT2D eigenvalue weighted by Crippen LogP contribution is 2.28. The topological polar surface area (TPSA) is 66.6 Å². The highest BCUT2D eigenvalue weighted by atomic mass is 19.1. The van der Waals surface area contributed by atoms with Crippen molar-refractivity contribution < 1.29 is 18.7 Å². The summed E-state index contributed by atoms with van der Waals surface area (Å²) in [5.41, 5.74) is 5.38. The summed E-state index contributed by atoms with van der Waals surface area (Å²) in [7, 11) is 0. The van der Waals surface area contributed by atoms with Gasteiger partial charge in [0.1, 0.15) is 17.7 Å². The molecule has 0 amide bonds. The van der Waals surface area contributed by atoms with E-state index >= 15 is 0 Å². The number of piperidine rings is 1. The lowest BCUT2D eigenvalue weighted by atomic mass is 9.99. The van der Waals surface area contributed by atoms with Crippen LogP contribution in [0.2, 0.25) is 0 Å². The first kappa shape index (κ1) is 13.9. The quantitative estimate of drug-likeness (QED) is 0.873. The van der Waals surface area contributed by atoms with Gasteiger partial charge in [-0.15, -0.1) is 0 Å². The summed E-state index contributed by atoms with van der Waals surface area (Å²) in [6.45, 7) is 0.795. The van der Waals surface area contributed by atoms with Crippen molar-refractivity contribution >= 4 is 5.97 Å². The number of carbonyl (C=O) groups is 1. The Hall–Kier alpha value is -1.53. The molecule has 1 saturated heterocycles. The maximum atomic E-state index is 13.8. The fourth-order valence-corrected chi connectivity index (χ4v) is 2.51. The van der Waals surface area contributed by atoms with Crippen LogP contribution in [0.4, 0.5) is 8.78 Å². The molecule has 1 fully saturated rings. The van der Waals surface area contributed by atoms with E-state index in [-0.39, 0.29) is 6.04 Å². The van der Waals surface area contributed by atoms with E-state index in [2.05, 4.69) is 0 Å². The van der Waals surface area contributed by atoms with E-state index in [1.807, 2.05) is 0 Å². The van der Waals surface area contributed by atoms with Crippen molar-refractivity contribution in [2.24, 2.45) is 5.73 Å². The molecule has 1 unspecified atom stereocenters. The second-order valence-corrected chi connectivity index (χ2v) is 4.77. The van der Waals surface area contributed by atoms with Crippen LogP contribution in [0.1, 0.15) is 24.4 Å². The molecule has 0 spiro atoms. The molecule has 3 N–H and O–H groups in total. The van der Waals surface area contributed by atoms with E-state index in [0.29, 0.717) is 13.1 Å². The highest BCUT2D eigenvalue weighted by Gasteiger charge is 2.34. The third-order valence-corrected chi connectivity index (χ3v) is 3.36. The average molecular weight is 270 g/mol. The number of nitrogens with zero attached hydrogens (tertiary/aromatic N) is 1. The van der Waals surface area contributed by atoms with Crippen molar-refractivity contribution in [3.63, 3.8) is 0 Å². The lowest BCUT2D eigenvalue weighted by Gasteiger charge is -2.35. The van der Waals surface area contributed by atoms with Crippen LogP contribution in [0.3, 0.4) is 0 Å². The largest absolute Gasteiger partial charge is 0.480 e. The maximum absolute atomic E-state index is 13.8. The molecule has 0 radical (unpaired) electrons. The molecular formula is C13H16F2N2O2. The fraction of sp³-hybridized carbons (Fsp3) is 0.462. The van der Waals surface area contributed by atoms with Gasteiger partial charge in [-0.25, -0.2) is 8.78 Å². The Balaban J connectivity index is 2.37. The van der Waals surface area contributed by atoms with Crippen LogP contribution >= 0.6 is 0 Å². The molecule has 0 bridgehead atoms. The lowest BCUT2D eigenvalue weighted by molar-refractivity contribution is -0.144. The predicted octanol–water partition coefficient (Wildman–Crippen LogP) is 1.51. The van der Waals surface area contributed by atoms with E-state index in [0.717, 1.165) is 25.0 Å². The Kier molecular flexibility index (Phi) is 4.11. The van der Waals surface area contributed by atoms with Crippen LogP contribution in [0, 0.1) is 11.6 Å². The number of carboxylic acid groups (broad SMARTS) is 1. The Morgan fingerprint density at radius 2 is 2.05 bits per heavy atom. The standard InChI is InChI=1S/C13H16F2N2O2/c14-9-4-1-5-10(15)11(9)12(13(18)19)17-6-2-3-8(16)7-17/h1,4-5,8,12H,2-3,6-7,16H2,(H,18,19)/t8-,12?/m1/s1. The summed E-state index contributed by atoms with van der Waals surface area (Å²) in [5, 5.41) is 9.30. The summed E-state index contributed by atoms with van der Waals surface area (Å²) in [4.78, 5) is 12.9. The zero-order valence-corrected chi connectivity index (χ0v) is 10.4. The molecule has 1 heterocycles. The van der Waals surface area contributed by atoms with Crippen LogP contribution in [0.15, 0.2) is 18.2 Å². The molecule has 0 aromatic heterocycles. The lowest BCUT2D eigenvalue weighted by Crippen LogP contribution is -2.47. The second kappa shape index (κ2) is 5.63. The van der Waals surface area contributed by atoms with Crippen LogP contribution in [0.5, 0.6) is 0 Å². The molecule has 0 aliphatic carbocycles. The zero-order chi connectivity index (χ0) is 14.0. The summed E-state index contributed by atoms with van der Waals surface area (Å²) < 4.78 is 27.5. The van der Waals surface area contributed by atoms with Gasteiger partial charge in [0.2, 0.25) is 0 Å². The van der Waals surface area contributed by atoms with Gasteiger partial charge < -0.3 is 10.8 Å². The van der Waals surface area contributed by atoms with Crippen molar-refractivity contribution in [2.75, 3.05) is 13.1 Å². The molecule has 6 heteroatoms. The fourth-order valence-electron chi connectivity index (χ4n) is 2.51. The van der Waals surface area contributed by atoms with E-state index < -0.39 is 29.2 Å². The Bertz CT molecular complexity index is 461. The number of benzene rings is 1. The predicted molar refractivity (Wildman–Crippen MR) is 65.5 cm³/mol. The Labute approximate surface area is 109 Å². The second-order valence-electron chi connectivity index (χ2n) is 4.77. The summed E-state index contributed by atoms with van der Waals surface area (Å²) in [6, 6.07) is 1.86. The Morgan fingerprint density at radius 3 is 2.58 bits per heavy atom. The summed E-state index contributed by atoms with van der Waals surface area (Å²) in [5.74, 6) is -2.95. The minimum absolute atomic E-state index is 0.162. The smallest absolute Gasteiger partial charge is 0.325 e. The van der Waals surface area contributed by atoms with Crippen molar-refractivity contribution in [1.29, 1.82) is 0 Å². The Morgan fingerprint density at radius 1 is 1.42 bits per heavy atom. The minimum Gasteiger partial charge on any atom is -0.480 e. The van der Waals surface area contributed by atoms with E-state index in [9.17, 15) is 18.7 Å². The van der Waals surface area contributed by atoms with E-state index in [4.69, 9.17) is 5.73 Å². The molecule has 19 heavy (non-hydrogen) atoms. The van der Waals surface area contributed by atoms with Crippen molar-refractivity contribution in [3.8, 4) is 0 Å². The number of aliphatic carboxylic acids is 1. The molecule has 0 saturated carbocycles. The summed E-state index contributed by atoms with van der Waals surface area (Å²) in [6.07, 6.45) is 1.52. The van der Waals surface area contributed by atoms with Crippen LogP contribution in [0.25, 0.3) is 0 Å². The van der Waals surface area contributed by atoms with Gasteiger partial charge in [-0.3, -0.25) is 9.69 Å². The molecule has 2 rings (SSSR count). The van der Waals surface area contributed by atoms with E-state index in [1.165, 1.54) is 11.0 Å². The van der Waals surface area contributed by atoms with Gasteiger partial charge in [0.05, 0.1) is 5.56 Å². The third-order valence-electron chi connectivity index (χ3n) is 3.36. The number of carboxylic acids is 1. The van der Waals surface area contributed by atoms with Gasteiger partial charge >= 0.3 is 5.97 Å². The SMILES string of the molecule is N[C@@H]1CCCN(C(C(=O)O)c2c(F)cccc2F)C1. The van der Waals surface area contributed by atoms with Crippen LogP contribution < -0.4 is 5.73 Å². The highest BCUT2D eigenvalue weighted by molar-refractivity contribution is 5.75. The number of nitrogens with two attached hydrogens (primary N) is 1. The first-order valence-electron chi connectivity index (χ1n) is 6.17. The third kappa shape index (κ3) is 2.90. The molecule has 104 valence electrons. The first-order chi connectivity index (χ1) is 9.00. The number of hydrogen-bond donors (Lipinski definition) is 2. The maximum Gasteiger partial charge on any atom is 0.325 e. The molecule has 2 atom stereocenters. The molecule has 4 nitrogen and oxygen atoms in total. The van der Waals surface area contributed by atoms with Gasteiger partial charge in [-0.2, -0.15) is 0 Å². The summed E-state index contributed by atoms with van der Waals surface area (Å²) >= 11 is 0. The molecular weight excluding hydrogens is 254 g/mol. The van der Waals surface area contributed by atoms with Gasteiger partial charge in [0.15, 0.2) is 0 Å². The van der Waals surface area contributed by atoms with Gasteiger partial charge in [-0.05, 0) is 31.5 Å². The number of halogens is 2. The molecule has 1 aliphatic heterocycles. The minimum atomic E-state index is -1.33. The monoisotopic (exact) mass is 270 g/mol. The van der Waals surface area contributed by atoms with Gasteiger partial charge in [0, 0.05) is 12.6 Å². The number of hydrogen-bond acceptors (Lipinski definition) is 3. The van der Waals surface area contributed by atoms with Crippen molar-refractivity contribution in [1.82, 2.24) is 4.90 Å². The normalized spacial score (nSPS) is 22.2. The van der Waals surface area contributed by atoms with Gasteiger partial charge in [0.25, 0.3) is 0 Å². The molecule has 1 aromatic rings.